The molecule has 0 aliphatic carbocycles. The molecule has 0 spiro atoms. The molecule has 13 heavy (non-hydrogen) atoms. The Labute approximate surface area is 91.8 Å². The number of hydrogen-bond donors (Lipinski definition) is 1. The Hall–Kier alpha value is 0.440. The summed E-state index contributed by atoms with van der Waals surface area (Å²) < 4.78 is 0. The second-order valence-corrected chi connectivity index (χ2v) is 5.50. The predicted octanol–water partition coefficient (Wildman–Crippen LogP) is 3.72. The highest BCUT2D eigenvalue weighted by molar-refractivity contribution is 9.09. The molecule has 0 amide bonds. The number of halogens is 1. The summed E-state index contributed by atoms with van der Waals surface area (Å²) in [6.07, 6.45) is 6.63. The van der Waals surface area contributed by atoms with E-state index in [1.807, 2.05) is 0 Å². The SMILES string of the molecule is CCCCCCNC(C)CC(C)Br. The van der Waals surface area contributed by atoms with Crippen molar-refractivity contribution in [2.45, 2.75) is 63.7 Å². The molecule has 2 atom stereocenters. The van der Waals surface area contributed by atoms with Crippen LogP contribution < -0.4 is 5.32 Å². The summed E-state index contributed by atoms with van der Waals surface area (Å²) >= 11 is 3.57. The van der Waals surface area contributed by atoms with E-state index in [1.54, 1.807) is 0 Å². The van der Waals surface area contributed by atoms with E-state index in [2.05, 4.69) is 42.0 Å². The number of hydrogen-bond acceptors (Lipinski definition) is 1. The minimum atomic E-state index is 0.630. The van der Waals surface area contributed by atoms with E-state index < -0.39 is 0 Å². The maximum atomic E-state index is 3.57. The molecule has 2 unspecified atom stereocenters. The number of unbranched alkanes of at least 4 members (excludes halogenated alkanes) is 3. The highest BCUT2D eigenvalue weighted by atomic mass is 79.9. The van der Waals surface area contributed by atoms with E-state index in [4.69, 9.17) is 0 Å². The Kier molecular flexibility index (Phi) is 9.32. The van der Waals surface area contributed by atoms with Crippen LogP contribution in [0.25, 0.3) is 0 Å². The van der Waals surface area contributed by atoms with Gasteiger partial charge in [0.2, 0.25) is 0 Å². The third-order valence-electron chi connectivity index (χ3n) is 2.20. The van der Waals surface area contributed by atoms with Crippen LogP contribution in [0.2, 0.25) is 0 Å². The van der Waals surface area contributed by atoms with Crippen LogP contribution in [-0.4, -0.2) is 17.4 Å². The molecule has 1 nitrogen and oxygen atoms in total. The number of nitrogens with one attached hydrogen (secondary N) is 1. The summed E-state index contributed by atoms with van der Waals surface area (Å²) in [4.78, 5) is 0.630. The van der Waals surface area contributed by atoms with Crippen molar-refractivity contribution in [3.05, 3.63) is 0 Å². The molecule has 0 aromatic rings. The van der Waals surface area contributed by atoms with E-state index in [0.29, 0.717) is 10.9 Å². The smallest absolute Gasteiger partial charge is 0.0132 e. The van der Waals surface area contributed by atoms with Gasteiger partial charge in [-0.05, 0) is 26.3 Å². The molecule has 80 valence electrons. The van der Waals surface area contributed by atoms with E-state index in [-0.39, 0.29) is 0 Å². The fourth-order valence-corrected chi connectivity index (χ4v) is 2.03. The molecule has 0 aliphatic heterocycles. The minimum absolute atomic E-state index is 0.630. The van der Waals surface area contributed by atoms with Crippen molar-refractivity contribution in [1.29, 1.82) is 0 Å². The molecular formula is C11H24BrN. The summed E-state index contributed by atoms with van der Waals surface area (Å²) in [5.74, 6) is 0. The van der Waals surface area contributed by atoms with Gasteiger partial charge in [-0.15, -0.1) is 0 Å². The maximum Gasteiger partial charge on any atom is 0.0132 e. The maximum absolute atomic E-state index is 3.57. The van der Waals surface area contributed by atoms with Crippen molar-refractivity contribution in [3.63, 3.8) is 0 Å². The Morgan fingerprint density at radius 2 is 1.85 bits per heavy atom. The lowest BCUT2D eigenvalue weighted by Gasteiger charge is -2.14. The van der Waals surface area contributed by atoms with Gasteiger partial charge in [0.15, 0.2) is 0 Å². The fourth-order valence-electron chi connectivity index (χ4n) is 1.47. The molecule has 2 heteroatoms. The topological polar surface area (TPSA) is 12.0 Å². The number of rotatable bonds is 8. The molecule has 0 saturated heterocycles. The van der Waals surface area contributed by atoms with E-state index in [1.165, 1.54) is 38.6 Å². The monoisotopic (exact) mass is 249 g/mol. The Morgan fingerprint density at radius 3 is 2.38 bits per heavy atom. The van der Waals surface area contributed by atoms with Gasteiger partial charge >= 0.3 is 0 Å². The lowest BCUT2D eigenvalue weighted by Crippen LogP contribution is -2.28. The first-order chi connectivity index (χ1) is 6.16. The average Bonchev–Trinajstić information content (AvgIpc) is 2.02. The van der Waals surface area contributed by atoms with Gasteiger partial charge in [0.1, 0.15) is 0 Å². The van der Waals surface area contributed by atoms with Crippen LogP contribution in [0.3, 0.4) is 0 Å². The molecule has 0 radical (unpaired) electrons. The molecular weight excluding hydrogens is 226 g/mol. The van der Waals surface area contributed by atoms with Crippen LogP contribution in [0.4, 0.5) is 0 Å². The van der Waals surface area contributed by atoms with Crippen LogP contribution in [0.1, 0.15) is 52.9 Å². The highest BCUT2D eigenvalue weighted by Gasteiger charge is 2.03. The van der Waals surface area contributed by atoms with Crippen molar-refractivity contribution in [3.8, 4) is 0 Å². The second kappa shape index (κ2) is 9.01. The summed E-state index contributed by atoms with van der Waals surface area (Å²) in [6.45, 7) is 7.90. The van der Waals surface area contributed by atoms with Gasteiger partial charge < -0.3 is 5.32 Å². The molecule has 0 heterocycles. The van der Waals surface area contributed by atoms with E-state index in [0.717, 1.165) is 0 Å². The van der Waals surface area contributed by atoms with Crippen molar-refractivity contribution in [2.24, 2.45) is 0 Å². The molecule has 0 saturated carbocycles. The van der Waals surface area contributed by atoms with Gasteiger partial charge in [-0.2, -0.15) is 0 Å². The highest BCUT2D eigenvalue weighted by Crippen LogP contribution is 2.06. The van der Waals surface area contributed by atoms with Crippen LogP contribution >= 0.6 is 15.9 Å². The van der Waals surface area contributed by atoms with Crippen molar-refractivity contribution < 1.29 is 0 Å². The van der Waals surface area contributed by atoms with Gasteiger partial charge in [-0.25, -0.2) is 0 Å². The molecule has 0 aliphatic rings. The number of alkyl halides is 1. The molecule has 0 aromatic heterocycles. The molecule has 0 bridgehead atoms. The summed E-state index contributed by atoms with van der Waals surface area (Å²) in [5.41, 5.74) is 0. The third kappa shape index (κ3) is 10.4. The first kappa shape index (κ1) is 13.4. The Morgan fingerprint density at radius 1 is 1.15 bits per heavy atom. The van der Waals surface area contributed by atoms with E-state index in [9.17, 15) is 0 Å². The first-order valence-electron chi connectivity index (χ1n) is 5.54. The van der Waals surface area contributed by atoms with Crippen molar-refractivity contribution >= 4 is 15.9 Å². The lowest BCUT2D eigenvalue weighted by molar-refractivity contribution is 0.496. The fraction of sp³-hybridized carbons (Fsp3) is 1.00. The zero-order valence-corrected chi connectivity index (χ0v) is 10.9. The van der Waals surface area contributed by atoms with Gasteiger partial charge in [-0.1, -0.05) is 49.0 Å². The average molecular weight is 250 g/mol. The summed E-state index contributed by atoms with van der Waals surface area (Å²) in [6, 6.07) is 0.649. The molecule has 1 N–H and O–H groups in total. The lowest BCUT2D eigenvalue weighted by atomic mass is 10.1. The van der Waals surface area contributed by atoms with Gasteiger partial charge in [0.25, 0.3) is 0 Å². The first-order valence-corrected chi connectivity index (χ1v) is 6.45. The standard InChI is InChI=1S/C11H24BrN/c1-4-5-6-7-8-13-11(3)9-10(2)12/h10-11,13H,4-9H2,1-3H3. The largest absolute Gasteiger partial charge is 0.314 e. The second-order valence-electron chi connectivity index (χ2n) is 3.93. The predicted molar refractivity (Wildman–Crippen MR) is 64.6 cm³/mol. The van der Waals surface area contributed by atoms with Gasteiger partial charge in [-0.3, -0.25) is 0 Å². The Balaban J connectivity index is 3.12. The van der Waals surface area contributed by atoms with Crippen molar-refractivity contribution in [2.75, 3.05) is 6.54 Å². The Bertz CT molecular complexity index is 104. The summed E-state index contributed by atoms with van der Waals surface area (Å²) in [7, 11) is 0. The van der Waals surface area contributed by atoms with E-state index >= 15 is 0 Å². The molecule has 0 rings (SSSR count). The van der Waals surface area contributed by atoms with Crippen LogP contribution in [0, 0.1) is 0 Å². The zero-order chi connectivity index (χ0) is 10.1. The summed E-state index contributed by atoms with van der Waals surface area (Å²) in [5, 5.41) is 3.54. The molecule has 0 aromatic carbocycles. The van der Waals surface area contributed by atoms with Crippen LogP contribution in [0.5, 0.6) is 0 Å². The quantitative estimate of drug-likeness (QED) is 0.511. The van der Waals surface area contributed by atoms with Gasteiger partial charge in [0, 0.05) is 10.9 Å². The molecule has 0 fully saturated rings. The van der Waals surface area contributed by atoms with Crippen molar-refractivity contribution in [1.82, 2.24) is 5.32 Å². The zero-order valence-electron chi connectivity index (χ0n) is 9.28. The van der Waals surface area contributed by atoms with Crippen LogP contribution in [-0.2, 0) is 0 Å². The third-order valence-corrected chi connectivity index (χ3v) is 2.58. The minimum Gasteiger partial charge on any atom is -0.314 e. The van der Waals surface area contributed by atoms with Gasteiger partial charge in [0.05, 0.1) is 0 Å². The normalized spacial score (nSPS) is 15.7. The van der Waals surface area contributed by atoms with Crippen LogP contribution in [0.15, 0.2) is 0 Å².